The lowest BCUT2D eigenvalue weighted by Gasteiger charge is -2.36. The molecule has 5 heterocycles. The number of carbonyl (C=O) groups is 1. The van der Waals surface area contributed by atoms with E-state index in [1.807, 2.05) is 22.5 Å². The Bertz CT molecular complexity index is 1590. The first kappa shape index (κ1) is 27.7. The molecule has 6 rings (SSSR count). The van der Waals surface area contributed by atoms with E-state index in [-0.39, 0.29) is 11.9 Å². The van der Waals surface area contributed by atoms with Crippen LogP contribution in [0.25, 0.3) is 0 Å². The zero-order valence-corrected chi connectivity index (χ0v) is 26.1. The van der Waals surface area contributed by atoms with E-state index in [1.165, 1.54) is 22.4 Å². The van der Waals surface area contributed by atoms with Gasteiger partial charge in [-0.15, -0.1) is 5.10 Å². The topological polar surface area (TPSA) is 98.7 Å². The molecule has 0 aliphatic carbocycles. The van der Waals surface area contributed by atoms with Crippen molar-refractivity contribution in [3.8, 4) is 0 Å². The van der Waals surface area contributed by atoms with Crippen LogP contribution in [0.5, 0.6) is 0 Å². The van der Waals surface area contributed by atoms with Gasteiger partial charge in [0.2, 0.25) is 0 Å². The van der Waals surface area contributed by atoms with Crippen molar-refractivity contribution in [2.45, 2.75) is 86.0 Å². The number of nitrogens with one attached hydrogen (secondary N) is 1. The average molecular weight is 621 g/mol. The van der Waals surface area contributed by atoms with Gasteiger partial charge in [-0.2, -0.15) is 10.2 Å². The molecule has 0 bridgehead atoms. The summed E-state index contributed by atoms with van der Waals surface area (Å²) in [5.41, 5.74) is 10.5. The molecule has 0 spiro atoms. The number of piperidine rings is 1. The Balaban J connectivity index is 1.18. The van der Waals surface area contributed by atoms with E-state index in [1.54, 1.807) is 4.68 Å². The van der Waals surface area contributed by atoms with Crippen LogP contribution in [0, 0.1) is 34.6 Å². The summed E-state index contributed by atoms with van der Waals surface area (Å²) in [6.45, 7) is 14.1. The first-order chi connectivity index (χ1) is 19.7. The fourth-order valence-electron chi connectivity index (χ4n) is 6.45. The quantitative estimate of drug-likeness (QED) is 0.329. The van der Waals surface area contributed by atoms with Crippen molar-refractivity contribution in [2.75, 3.05) is 18.0 Å². The van der Waals surface area contributed by atoms with Gasteiger partial charge >= 0.3 is 0 Å². The molecular weight excluding hydrogens is 582 g/mol. The molecule has 1 aromatic carbocycles. The number of fused-ring (bicyclic) bond motifs is 1. The monoisotopic (exact) mass is 619 g/mol. The standard InChI is InChI=1S/C30H38BrN9O/c1-18-12-23(31)13-19(2)29(18)37-10-6-8-24(14-37)32-30(41)28-26(35-39-11-7-9-27(28)39)17-38-15-25(33-36-38)16-40-22(5)20(3)21(4)34-40/h12-13,15,24H,6-11,14,16-17H2,1-5H3,(H,32,41). The number of carbonyl (C=O) groups excluding carboxylic acids is 1. The lowest BCUT2D eigenvalue weighted by Crippen LogP contribution is -2.48. The van der Waals surface area contributed by atoms with Crippen LogP contribution in [-0.4, -0.2) is 59.6 Å². The highest BCUT2D eigenvalue weighted by Crippen LogP contribution is 2.31. The van der Waals surface area contributed by atoms with E-state index in [2.05, 4.69) is 81.4 Å². The van der Waals surface area contributed by atoms with Crippen molar-refractivity contribution in [1.29, 1.82) is 0 Å². The molecule has 4 aromatic rings. The number of amides is 1. The van der Waals surface area contributed by atoms with Crippen molar-refractivity contribution in [1.82, 2.24) is 39.9 Å². The summed E-state index contributed by atoms with van der Waals surface area (Å²) in [7, 11) is 0. The molecule has 41 heavy (non-hydrogen) atoms. The third-order valence-corrected chi connectivity index (χ3v) is 9.08. The normalized spacial score (nSPS) is 16.8. The van der Waals surface area contributed by atoms with Gasteiger partial charge < -0.3 is 10.2 Å². The minimum absolute atomic E-state index is 0.0299. The van der Waals surface area contributed by atoms with Crippen molar-refractivity contribution in [3.05, 3.63) is 73.5 Å². The number of hydrogen-bond donors (Lipinski definition) is 1. The molecule has 11 heteroatoms. The molecule has 1 unspecified atom stereocenters. The zero-order chi connectivity index (χ0) is 28.8. The summed E-state index contributed by atoms with van der Waals surface area (Å²) in [6.07, 6.45) is 5.81. The highest BCUT2D eigenvalue weighted by Gasteiger charge is 2.30. The lowest BCUT2D eigenvalue weighted by atomic mass is 10.0. The van der Waals surface area contributed by atoms with Crippen LogP contribution >= 0.6 is 15.9 Å². The molecule has 0 radical (unpaired) electrons. The first-order valence-corrected chi connectivity index (χ1v) is 15.3. The molecular formula is C30H38BrN9O. The Morgan fingerprint density at radius 1 is 1.05 bits per heavy atom. The fourth-order valence-corrected chi connectivity index (χ4v) is 7.14. The summed E-state index contributed by atoms with van der Waals surface area (Å²) < 4.78 is 6.85. The van der Waals surface area contributed by atoms with E-state index in [0.717, 1.165) is 78.3 Å². The number of rotatable bonds is 7. The van der Waals surface area contributed by atoms with Gasteiger partial charge in [0.1, 0.15) is 5.69 Å². The number of nitrogens with zero attached hydrogens (tertiary/aromatic N) is 8. The van der Waals surface area contributed by atoms with Gasteiger partial charge in [-0.05, 0) is 89.1 Å². The molecule has 2 aliphatic rings. The Morgan fingerprint density at radius 3 is 2.56 bits per heavy atom. The minimum atomic E-state index is -0.0299. The number of aromatic nitrogens is 7. The van der Waals surface area contributed by atoms with Gasteiger partial charge in [0.05, 0.1) is 41.9 Å². The second-order valence-electron chi connectivity index (χ2n) is 11.6. The van der Waals surface area contributed by atoms with E-state index in [9.17, 15) is 4.79 Å². The highest BCUT2D eigenvalue weighted by atomic mass is 79.9. The number of anilines is 1. The predicted molar refractivity (Wildman–Crippen MR) is 162 cm³/mol. The number of benzene rings is 1. The molecule has 1 saturated heterocycles. The van der Waals surface area contributed by atoms with Gasteiger partial charge in [0, 0.05) is 41.5 Å². The molecule has 3 aromatic heterocycles. The van der Waals surface area contributed by atoms with Crippen LogP contribution < -0.4 is 10.2 Å². The Morgan fingerprint density at radius 2 is 1.83 bits per heavy atom. The summed E-state index contributed by atoms with van der Waals surface area (Å²) in [6, 6.07) is 4.41. The largest absolute Gasteiger partial charge is 0.369 e. The molecule has 1 atom stereocenters. The van der Waals surface area contributed by atoms with Gasteiger partial charge in [-0.25, -0.2) is 4.68 Å². The molecule has 1 fully saturated rings. The SMILES string of the molecule is Cc1cc(Br)cc(C)c1N1CCCC(NC(=O)c2c(Cn3cc(Cn4nc(C)c(C)c4C)nn3)nn3c2CCC3)C1. The molecule has 10 nitrogen and oxygen atoms in total. The third kappa shape index (κ3) is 5.43. The summed E-state index contributed by atoms with van der Waals surface area (Å²) in [4.78, 5) is 16.3. The predicted octanol–water partition coefficient (Wildman–Crippen LogP) is 4.42. The molecule has 2 aliphatic heterocycles. The second kappa shape index (κ2) is 11.1. The van der Waals surface area contributed by atoms with Crippen LogP contribution in [0.2, 0.25) is 0 Å². The summed E-state index contributed by atoms with van der Waals surface area (Å²) in [5, 5.41) is 21.6. The maximum absolute atomic E-state index is 13.8. The zero-order valence-electron chi connectivity index (χ0n) is 24.5. The average Bonchev–Trinajstić information content (AvgIpc) is 3.67. The highest BCUT2D eigenvalue weighted by molar-refractivity contribution is 9.10. The number of hydrogen-bond acceptors (Lipinski definition) is 6. The van der Waals surface area contributed by atoms with Crippen LogP contribution in [0.4, 0.5) is 5.69 Å². The van der Waals surface area contributed by atoms with E-state index >= 15 is 0 Å². The molecule has 1 amide bonds. The van der Waals surface area contributed by atoms with Gasteiger partial charge in [0.15, 0.2) is 0 Å². The lowest BCUT2D eigenvalue weighted by molar-refractivity contribution is 0.0931. The van der Waals surface area contributed by atoms with Crippen LogP contribution in [0.15, 0.2) is 22.8 Å². The van der Waals surface area contributed by atoms with Crippen molar-refractivity contribution >= 4 is 27.5 Å². The van der Waals surface area contributed by atoms with Crippen molar-refractivity contribution in [2.24, 2.45) is 0 Å². The summed E-state index contributed by atoms with van der Waals surface area (Å²) in [5.74, 6) is -0.0299. The van der Waals surface area contributed by atoms with E-state index in [4.69, 9.17) is 5.10 Å². The second-order valence-corrected chi connectivity index (χ2v) is 12.5. The molecule has 0 saturated carbocycles. The number of aryl methyl sites for hydroxylation is 4. The Labute approximate surface area is 249 Å². The maximum atomic E-state index is 13.8. The number of halogens is 1. The van der Waals surface area contributed by atoms with Gasteiger partial charge in [-0.1, -0.05) is 21.1 Å². The van der Waals surface area contributed by atoms with E-state index in [0.29, 0.717) is 18.7 Å². The van der Waals surface area contributed by atoms with Crippen molar-refractivity contribution in [3.63, 3.8) is 0 Å². The van der Waals surface area contributed by atoms with Crippen LogP contribution in [-0.2, 0) is 26.1 Å². The molecule has 216 valence electrons. The smallest absolute Gasteiger partial charge is 0.255 e. The maximum Gasteiger partial charge on any atom is 0.255 e. The summed E-state index contributed by atoms with van der Waals surface area (Å²) >= 11 is 3.62. The third-order valence-electron chi connectivity index (χ3n) is 8.62. The fraction of sp³-hybridized carbons (Fsp3) is 0.500. The Kier molecular flexibility index (Phi) is 7.48. The minimum Gasteiger partial charge on any atom is -0.369 e. The van der Waals surface area contributed by atoms with Crippen molar-refractivity contribution < 1.29 is 4.79 Å². The van der Waals surface area contributed by atoms with Gasteiger partial charge in [-0.3, -0.25) is 14.2 Å². The molecule has 1 N–H and O–H groups in total. The van der Waals surface area contributed by atoms with Crippen LogP contribution in [0.1, 0.15) is 74.8 Å². The van der Waals surface area contributed by atoms with E-state index < -0.39 is 0 Å². The van der Waals surface area contributed by atoms with Gasteiger partial charge in [0.25, 0.3) is 5.91 Å². The first-order valence-electron chi connectivity index (χ1n) is 14.5. The van der Waals surface area contributed by atoms with Crippen LogP contribution in [0.3, 0.4) is 0 Å². The Hall–Kier alpha value is -3.47.